The van der Waals surface area contributed by atoms with E-state index in [4.69, 9.17) is 0 Å². The summed E-state index contributed by atoms with van der Waals surface area (Å²) in [6.45, 7) is 2.62. The number of nitrogens with one attached hydrogen (secondary N) is 1. The number of rotatable bonds is 5. The van der Waals surface area contributed by atoms with Crippen LogP contribution in [0.3, 0.4) is 0 Å². The summed E-state index contributed by atoms with van der Waals surface area (Å²) in [5.74, 6) is -0.204. The zero-order chi connectivity index (χ0) is 21.8. The average molecular weight is 429 g/mol. The van der Waals surface area contributed by atoms with Gasteiger partial charge in [-0.1, -0.05) is 71.9 Å². The SMILES string of the molecule is Cc1ccc(CCNC(=O)c2ccc3c(c2)N(C)C(=O)/C(=C\c2ccccc2)S3)cc1. The van der Waals surface area contributed by atoms with Crippen LogP contribution in [-0.4, -0.2) is 25.4 Å². The Bertz CT molecular complexity index is 1140. The van der Waals surface area contributed by atoms with Crippen LogP contribution in [0.15, 0.2) is 82.6 Å². The molecule has 4 nitrogen and oxygen atoms in total. The molecule has 2 amide bonds. The second-order valence-electron chi connectivity index (χ2n) is 7.56. The standard InChI is InChI=1S/C26H24N2O2S/c1-18-8-10-19(11-9-18)14-15-27-25(29)21-12-13-23-22(17-21)28(2)26(30)24(31-23)16-20-6-4-3-5-7-20/h3-13,16-17H,14-15H2,1-2H3,(H,27,29)/b24-16+. The summed E-state index contributed by atoms with van der Waals surface area (Å²) in [7, 11) is 1.75. The van der Waals surface area contributed by atoms with Gasteiger partial charge < -0.3 is 10.2 Å². The Morgan fingerprint density at radius 3 is 2.52 bits per heavy atom. The summed E-state index contributed by atoms with van der Waals surface area (Å²) >= 11 is 1.44. The molecule has 31 heavy (non-hydrogen) atoms. The van der Waals surface area contributed by atoms with Gasteiger partial charge in [0.05, 0.1) is 10.6 Å². The topological polar surface area (TPSA) is 49.4 Å². The highest BCUT2D eigenvalue weighted by Gasteiger charge is 2.27. The molecule has 0 aromatic heterocycles. The lowest BCUT2D eigenvalue weighted by molar-refractivity contribution is -0.114. The first-order valence-corrected chi connectivity index (χ1v) is 11.0. The van der Waals surface area contributed by atoms with Crippen LogP contribution in [0.5, 0.6) is 0 Å². The molecule has 1 N–H and O–H groups in total. The molecular formula is C26H24N2O2S. The van der Waals surface area contributed by atoms with E-state index in [2.05, 4.69) is 36.5 Å². The number of nitrogens with zero attached hydrogens (tertiary/aromatic N) is 1. The summed E-state index contributed by atoms with van der Waals surface area (Å²) in [5, 5.41) is 2.98. The van der Waals surface area contributed by atoms with E-state index in [1.807, 2.05) is 48.5 Å². The van der Waals surface area contributed by atoms with Crippen LogP contribution in [-0.2, 0) is 11.2 Å². The van der Waals surface area contributed by atoms with Crippen molar-refractivity contribution in [1.29, 1.82) is 0 Å². The van der Waals surface area contributed by atoms with Crippen molar-refractivity contribution >= 4 is 35.3 Å². The summed E-state index contributed by atoms with van der Waals surface area (Å²) in [5.41, 5.74) is 4.71. The number of likely N-dealkylation sites (N-methyl/N-ethyl adjacent to an activating group) is 1. The van der Waals surface area contributed by atoms with Gasteiger partial charge in [0, 0.05) is 24.1 Å². The van der Waals surface area contributed by atoms with E-state index < -0.39 is 0 Å². The summed E-state index contributed by atoms with van der Waals surface area (Å²) in [4.78, 5) is 28.7. The van der Waals surface area contributed by atoms with Gasteiger partial charge in [-0.05, 0) is 48.7 Å². The maximum absolute atomic E-state index is 12.9. The molecule has 1 aliphatic rings. The number of hydrogen-bond acceptors (Lipinski definition) is 3. The second-order valence-corrected chi connectivity index (χ2v) is 8.64. The molecule has 0 radical (unpaired) electrons. The number of carbonyl (C=O) groups is 2. The first-order valence-electron chi connectivity index (χ1n) is 10.2. The Hall–Kier alpha value is -3.31. The largest absolute Gasteiger partial charge is 0.352 e. The fourth-order valence-corrected chi connectivity index (χ4v) is 4.51. The highest BCUT2D eigenvalue weighted by atomic mass is 32.2. The van der Waals surface area contributed by atoms with Gasteiger partial charge in [0.15, 0.2) is 0 Å². The van der Waals surface area contributed by atoms with E-state index in [-0.39, 0.29) is 11.8 Å². The predicted molar refractivity (Wildman–Crippen MR) is 127 cm³/mol. The normalized spacial score (nSPS) is 14.5. The lowest BCUT2D eigenvalue weighted by atomic mass is 10.1. The molecule has 0 fully saturated rings. The molecule has 1 aliphatic heterocycles. The van der Waals surface area contributed by atoms with Gasteiger partial charge in [0.1, 0.15) is 0 Å². The second kappa shape index (κ2) is 9.23. The molecule has 5 heteroatoms. The number of carbonyl (C=O) groups excluding carboxylic acids is 2. The van der Waals surface area contributed by atoms with Gasteiger partial charge in [-0.15, -0.1) is 0 Å². The molecule has 0 spiro atoms. The van der Waals surface area contributed by atoms with Crippen LogP contribution >= 0.6 is 11.8 Å². The smallest absolute Gasteiger partial charge is 0.264 e. The fraction of sp³-hybridized carbons (Fsp3) is 0.154. The van der Waals surface area contributed by atoms with E-state index in [0.717, 1.165) is 22.6 Å². The van der Waals surface area contributed by atoms with E-state index in [1.165, 1.54) is 22.9 Å². The number of amides is 2. The highest BCUT2D eigenvalue weighted by Crippen LogP contribution is 2.41. The minimum absolute atomic E-state index is 0.0710. The number of benzene rings is 3. The van der Waals surface area contributed by atoms with Crippen molar-refractivity contribution in [3.63, 3.8) is 0 Å². The number of anilines is 1. The minimum atomic E-state index is -0.133. The lowest BCUT2D eigenvalue weighted by Gasteiger charge is -2.27. The third-order valence-electron chi connectivity index (χ3n) is 5.23. The number of hydrogen-bond donors (Lipinski definition) is 1. The number of thioether (sulfide) groups is 1. The van der Waals surface area contributed by atoms with Gasteiger partial charge >= 0.3 is 0 Å². The maximum atomic E-state index is 12.9. The van der Waals surface area contributed by atoms with Crippen LogP contribution < -0.4 is 10.2 Å². The Morgan fingerprint density at radius 1 is 1.03 bits per heavy atom. The molecule has 4 rings (SSSR count). The molecular weight excluding hydrogens is 404 g/mol. The molecule has 0 aliphatic carbocycles. The molecule has 156 valence electrons. The maximum Gasteiger partial charge on any atom is 0.264 e. The van der Waals surface area contributed by atoms with Crippen LogP contribution in [0, 0.1) is 6.92 Å². The highest BCUT2D eigenvalue weighted by molar-refractivity contribution is 8.04. The van der Waals surface area contributed by atoms with E-state index in [0.29, 0.717) is 17.0 Å². The van der Waals surface area contributed by atoms with Gasteiger partial charge in [-0.2, -0.15) is 0 Å². The summed E-state index contributed by atoms with van der Waals surface area (Å²) in [6.07, 6.45) is 2.68. The van der Waals surface area contributed by atoms with Gasteiger partial charge in [0.25, 0.3) is 11.8 Å². The van der Waals surface area contributed by atoms with Crippen LogP contribution in [0.25, 0.3) is 6.08 Å². The van der Waals surface area contributed by atoms with Crippen molar-refractivity contribution in [2.24, 2.45) is 0 Å². The van der Waals surface area contributed by atoms with Gasteiger partial charge in [0.2, 0.25) is 0 Å². The van der Waals surface area contributed by atoms with Crippen LogP contribution in [0.1, 0.15) is 27.0 Å². The first-order chi connectivity index (χ1) is 15.0. The van der Waals surface area contributed by atoms with Crippen molar-refractivity contribution in [1.82, 2.24) is 5.32 Å². The number of fused-ring (bicyclic) bond motifs is 1. The van der Waals surface area contributed by atoms with Crippen LogP contribution in [0.2, 0.25) is 0 Å². The number of aryl methyl sites for hydroxylation is 1. The van der Waals surface area contributed by atoms with Crippen molar-refractivity contribution in [3.8, 4) is 0 Å². The molecule has 0 bridgehead atoms. The molecule has 0 saturated heterocycles. The molecule has 3 aromatic rings. The van der Waals surface area contributed by atoms with E-state index in [9.17, 15) is 9.59 Å². The van der Waals surface area contributed by atoms with Crippen molar-refractivity contribution in [2.45, 2.75) is 18.2 Å². The van der Waals surface area contributed by atoms with Gasteiger partial charge in [-0.3, -0.25) is 9.59 Å². The minimum Gasteiger partial charge on any atom is -0.352 e. The van der Waals surface area contributed by atoms with Crippen molar-refractivity contribution in [3.05, 3.63) is 100.0 Å². The fourth-order valence-electron chi connectivity index (χ4n) is 3.41. The van der Waals surface area contributed by atoms with Crippen LogP contribution in [0.4, 0.5) is 5.69 Å². The lowest BCUT2D eigenvalue weighted by Crippen LogP contribution is -2.31. The molecule has 0 saturated carbocycles. The monoisotopic (exact) mass is 428 g/mol. The first kappa shape index (κ1) is 20.9. The Labute approximate surface area is 187 Å². The van der Waals surface area contributed by atoms with Gasteiger partial charge in [-0.25, -0.2) is 0 Å². The third-order valence-corrected chi connectivity index (χ3v) is 6.31. The Kier molecular flexibility index (Phi) is 6.23. The molecule has 1 heterocycles. The van der Waals surface area contributed by atoms with Crippen molar-refractivity contribution < 1.29 is 9.59 Å². The van der Waals surface area contributed by atoms with E-state index in [1.54, 1.807) is 18.0 Å². The molecule has 0 atom stereocenters. The van der Waals surface area contributed by atoms with E-state index >= 15 is 0 Å². The summed E-state index contributed by atoms with van der Waals surface area (Å²) in [6, 6.07) is 23.6. The Morgan fingerprint density at radius 2 is 1.77 bits per heavy atom. The molecule has 0 unspecified atom stereocenters. The van der Waals surface area contributed by atoms with Crippen molar-refractivity contribution in [2.75, 3.05) is 18.5 Å². The Balaban J connectivity index is 1.46. The predicted octanol–water partition coefficient (Wildman–Crippen LogP) is 5.08. The molecule has 3 aromatic carbocycles. The average Bonchev–Trinajstić information content (AvgIpc) is 2.79. The zero-order valence-corrected chi connectivity index (χ0v) is 18.4. The third kappa shape index (κ3) is 4.89. The quantitative estimate of drug-likeness (QED) is 0.577. The zero-order valence-electron chi connectivity index (χ0n) is 17.6. The summed E-state index contributed by atoms with van der Waals surface area (Å²) < 4.78 is 0.